The third-order valence-corrected chi connectivity index (χ3v) is 11.9. The Morgan fingerprint density at radius 2 is 1.77 bits per heavy atom. The number of ether oxygens (including phenoxy) is 1. The molecule has 0 saturated heterocycles. The molecular weight excluding hydrogens is 733 g/mol. The largest absolute Gasteiger partial charge is 0.444 e. The Morgan fingerprint density at radius 3 is 2.58 bits per heavy atom. The molecule has 0 saturated carbocycles. The Balaban J connectivity index is 1.25. The van der Waals surface area contributed by atoms with Gasteiger partial charge in [0.25, 0.3) is 10.1 Å². The zero-order valence-electron chi connectivity index (χ0n) is 33.7. The summed E-state index contributed by atoms with van der Waals surface area (Å²) in [6, 6.07) is 23.3. The van der Waals surface area contributed by atoms with Crippen LogP contribution in [-0.4, -0.2) is 48.2 Å². The highest BCUT2D eigenvalue weighted by atomic mass is 32.2. The predicted octanol–water partition coefficient (Wildman–Crippen LogP) is 8.96. The number of aryl methyl sites for hydroxylation is 3. The van der Waals surface area contributed by atoms with Gasteiger partial charge in [0.1, 0.15) is 20.2 Å². The first-order valence-corrected chi connectivity index (χ1v) is 22.0. The summed E-state index contributed by atoms with van der Waals surface area (Å²) in [6.07, 6.45) is 25.5. The number of likely N-dealkylation sites (N-methyl/N-ethyl adjacent to an activating group) is 1. The van der Waals surface area contributed by atoms with Gasteiger partial charge >= 0.3 is 6.09 Å². The zero-order valence-corrected chi connectivity index (χ0v) is 34.5. The van der Waals surface area contributed by atoms with Crippen LogP contribution in [0.4, 0.5) is 4.79 Å². The molecule has 0 radical (unpaired) electrons. The number of allylic oxidation sites excluding steroid dienone is 4. The number of rotatable bonds is 18. The number of carbonyl (C=O) groups is 1. The number of fused-ring (bicyclic) bond motifs is 2. The van der Waals surface area contributed by atoms with Crippen LogP contribution < -0.4 is 9.13 Å². The summed E-state index contributed by atoms with van der Waals surface area (Å²) in [5.74, 6) is -0.239. The van der Waals surface area contributed by atoms with Crippen LogP contribution in [-0.2, 0) is 41.5 Å². The number of nitrogens with zero attached hydrogens (tertiary/aromatic N) is 4. The van der Waals surface area contributed by atoms with Crippen LogP contribution in [0.1, 0.15) is 93.1 Å². The van der Waals surface area contributed by atoms with Crippen molar-refractivity contribution in [3.63, 3.8) is 0 Å². The van der Waals surface area contributed by atoms with Gasteiger partial charge in [-0.3, -0.25) is 9.45 Å². The Morgan fingerprint density at radius 1 is 0.982 bits per heavy atom. The van der Waals surface area contributed by atoms with E-state index in [9.17, 15) is 17.8 Å². The van der Waals surface area contributed by atoms with E-state index in [2.05, 4.69) is 95.6 Å². The summed E-state index contributed by atoms with van der Waals surface area (Å²) in [4.78, 5) is 17.9. The van der Waals surface area contributed by atoms with Gasteiger partial charge in [-0.05, 0) is 78.3 Å². The molecule has 300 valence electrons. The fourth-order valence-electron chi connectivity index (χ4n) is 8.02. The van der Waals surface area contributed by atoms with E-state index in [1.54, 1.807) is 4.90 Å². The fraction of sp³-hybridized carbons (Fsp3) is 0.383. The van der Waals surface area contributed by atoms with E-state index in [0.717, 1.165) is 78.2 Å². The normalized spacial score (nSPS) is 16.2. The first kappa shape index (κ1) is 41.6. The van der Waals surface area contributed by atoms with E-state index in [0.29, 0.717) is 19.4 Å². The molecule has 6 rings (SSSR count). The highest BCUT2D eigenvalue weighted by Crippen LogP contribution is 2.37. The monoisotopic (exact) mass is 790 g/mol. The lowest BCUT2D eigenvalue weighted by Crippen LogP contribution is -2.38. The molecule has 1 N–H and O–H groups in total. The number of hydrogen-bond acceptors (Lipinski definition) is 5. The van der Waals surface area contributed by atoms with Crippen LogP contribution in [0.3, 0.4) is 0 Å². The van der Waals surface area contributed by atoms with E-state index in [-0.39, 0.29) is 24.5 Å². The number of aromatic nitrogens is 2. The molecule has 57 heavy (non-hydrogen) atoms. The lowest BCUT2D eigenvalue weighted by molar-refractivity contribution is -0.703. The molecule has 1 aliphatic carbocycles. The molecule has 1 atom stereocenters. The molecule has 2 aromatic heterocycles. The number of benzene rings is 2. The maximum atomic E-state index is 13.7. The van der Waals surface area contributed by atoms with Gasteiger partial charge in [0.2, 0.25) is 0 Å². The number of pyridine rings is 2. The molecule has 0 spiro atoms. The highest BCUT2D eigenvalue weighted by molar-refractivity contribution is 7.85. The molecule has 0 bridgehead atoms. The van der Waals surface area contributed by atoms with Crippen LogP contribution in [0, 0.1) is 0 Å². The smallest absolute Gasteiger partial charge is 0.414 e. The molecule has 3 heterocycles. The van der Waals surface area contributed by atoms with Crippen molar-refractivity contribution in [2.75, 3.05) is 19.3 Å². The first-order valence-electron chi connectivity index (χ1n) is 20.4. The van der Waals surface area contributed by atoms with E-state index in [1.807, 2.05) is 55.3 Å². The summed E-state index contributed by atoms with van der Waals surface area (Å²) in [6.45, 7) is 4.10. The van der Waals surface area contributed by atoms with Gasteiger partial charge < -0.3 is 9.64 Å². The SMILES string of the molecule is CCCCCN1C=Cc2ccccc2C1C/C=C/C1=C(N(C)C(=O)OCc2cc[n+](C)cc2)C(=C/CCc2c3ccccc3cc[n+]2CCCCS(=O)(=O)O)/CC1. The van der Waals surface area contributed by atoms with Crippen molar-refractivity contribution in [1.29, 1.82) is 0 Å². The van der Waals surface area contributed by atoms with Gasteiger partial charge in [-0.1, -0.05) is 80.5 Å². The van der Waals surface area contributed by atoms with Crippen molar-refractivity contribution < 1.29 is 31.6 Å². The summed E-state index contributed by atoms with van der Waals surface area (Å²) in [5.41, 5.74) is 7.90. The fourth-order valence-corrected chi connectivity index (χ4v) is 8.59. The van der Waals surface area contributed by atoms with E-state index < -0.39 is 10.1 Å². The van der Waals surface area contributed by atoms with Crippen LogP contribution in [0.15, 0.2) is 127 Å². The standard InChI is InChI=1S/C47H57N4O5S/c1-4-5-10-29-50-33-27-38-15-6-8-19-42(38)44(50)21-13-17-40-23-24-41(46(40)49(3)47(52)56-36-37-25-31-48(2)32-26-37)18-14-22-45-43-20-9-7-16-39(43)28-34-51(45)30-11-12-35-57(53,54)55/h6-9,13,15-20,25-28,31-34,44H,4-5,10-12,14,21-24,29-30,35-36H2,1-3H3/q+1/p+1/b17-13+,41-18+. The molecule has 1 amide bonds. The van der Waals surface area contributed by atoms with Crippen molar-refractivity contribution in [1.82, 2.24) is 9.80 Å². The van der Waals surface area contributed by atoms with Crippen molar-refractivity contribution in [3.05, 3.63) is 149 Å². The maximum Gasteiger partial charge on any atom is 0.414 e. The van der Waals surface area contributed by atoms with Crippen molar-refractivity contribution in [2.24, 2.45) is 7.05 Å². The molecule has 0 fully saturated rings. The quantitative estimate of drug-likeness (QED) is 0.0615. The second-order valence-electron chi connectivity index (χ2n) is 15.2. The predicted molar refractivity (Wildman–Crippen MR) is 226 cm³/mol. The molecule has 4 aromatic rings. The van der Waals surface area contributed by atoms with Crippen molar-refractivity contribution in [2.45, 2.75) is 90.3 Å². The molecule has 2 aromatic carbocycles. The molecule has 1 unspecified atom stereocenters. The zero-order chi connectivity index (χ0) is 40.2. The number of carbonyl (C=O) groups excluding carboxylic acids is 1. The molecule has 9 nitrogen and oxygen atoms in total. The third kappa shape index (κ3) is 11.3. The van der Waals surface area contributed by atoms with Crippen LogP contribution in [0.5, 0.6) is 0 Å². The summed E-state index contributed by atoms with van der Waals surface area (Å²) in [5, 5.41) is 2.31. The number of amides is 1. The third-order valence-electron chi connectivity index (χ3n) is 11.1. The van der Waals surface area contributed by atoms with E-state index >= 15 is 0 Å². The number of unbranched alkanes of at least 4 members (excludes halogenated alkanes) is 3. The molecule has 10 heteroatoms. The Kier molecular flexibility index (Phi) is 14.5. The van der Waals surface area contributed by atoms with Gasteiger partial charge in [0, 0.05) is 61.8 Å². The second-order valence-corrected chi connectivity index (χ2v) is 16.8. The van der Waals surface area contributed by atoms with Crippen molar-refractivity contribution >= 4 is 33.1 Å². The topological polar surface area (TPSA) is 94.9 Å². The van der Waals surface area contributed by atoms with Gasteiger partial charge in [-0.15, -0.1) is 0 Å². The van der Waals surface area contributed by atoms with E-state index in [4.69, 9.17) is 4.74 Å². The van der Waals surface area contributed by atoms with Crippen molar-refractivity contribution in [3.8, 4) is 0 Å². The molecule has 1 aliphatic heterocycles. The van der Waals surface area contributed by atoms with Crippen LogP contribution >= 0.6 is 0 Å². The Bertz CT molecular complexity index is 2240. The van der Waals surface area contributed by atoms with Crippen LogP contribution in [0.25, 0.3) is 16.8 Å². The minimum absolute atomic E-state index is 0.190. The average Bonchev–Trinajstić information content (AvgIpc) is 3.61. The first-order chi connectivity index (χ1) is 27.6. The second kappa shape index (κ2) is 19.9. The minimum Gasteiger partial charge on any atom is -0.444 e. The molecular formula is C47H58N4O5S+2. The summed E-state index contributed by atoms with van der Waals surface area (Å²) in [7, 11) is -0.213. The molecule has 2 aliphatic rings. The van der Waals surface area contributed by atoms with Gasteiger partial charge in [-0.2, -0.15) is 8.42 Å². The lowest BCUT2D eigenvalue weighted by Gasteiger charge is -2.34. The highest BCUT2D eigenvalue weighted by Gasteiger charge is 2.27. The van der Waals surface area contributed by atoms with Gasteiger partial charge in [-0.25, -0.2) is 13.9 Å². The summed E-state index contributed by atoms with van der Waals surface area (Å²) >= 11 is 0. The van der Waals surface area contributed by atoms with E-state index in [1.165, 1.54) is 29.7 Å². The number of hydrogen-bond donors (Lipinski definition) is 1. The van der Waals surface area contributed by atoms with Gasteiger partial charge in [0.15, 0.2) is 24.3 Å². The maximum absolute atomic E-state index is 13.7. The van der Waals surface area contributed by atoms with Gasteiger partial charge in [0.05, 0.1) is 17.5 Å². The summed E-state index contributed by atoms with van der Waals surface area (Å²) < 4.78 is 41.9. The Labute approximate surface area is 339 Å². The average molecular weight is 791 g/mol. The van der Waals surface area contributed by atoms with Crippen LogP contribution in [0.2, 0.25) is 0 Å². The lowest BCUT2D eigenvalue weighted by atomic mass is 9.93. The Hall–Kier alpha value is -5.06. The minimum atomic E-state index is -3.99.